The molecule has 2 nitrogen and oxygen atoms in total. The molecule has 1 fully saturated rings. The van der Waals surface area contributed by atoms with Crippen LogP contribution in [-0.4, -0.2) is 36.6 Å². The molecule has 0 aromatic carbocycles. The van der Waals surface area contributed by atoms with E-state index in [9.17, 15) is 0 Å². The normalized spacial score (nSPS) is 29.6. The van der Waals surface area contributed by atoms with Crippen molar-refractivity contribution in [3.63, 3.8) is 0 Å². The summed E-state index contributed by atoms with van der Waals surface area (Å²) in [6, 6.07) is 1.54. The Hall–Kier alpha value is -0.0800. The van der Waals surface area contributed by atoms with Crippen LogP contribution in [0.4, 0.5) is 0 Å². The fourth-order valence-electron chi connectivity index (χ4n) is 2.72. The Bertz CT molecular complexity index is 170. The topological polar surface area (TPSA) is 15.3 Å². The van der Waals surface area contributed by atoms with Gasteiger partial charge in [0.15, 0.2) is 0 Å². The van der Waals surface area contributed by atoms with Gasteiger partial charge in [-0.2, -0.15) is 0 Å². The number of likely N-dealkylation sites (tertiary alicyclic amines) is 1. The quantitative estimate of drug-likeness (QED) is 0.681. The molecule has 1 aliphatic rings. The monoisotopic (exact) mass is 212 g/mol. The molecule has 0 aromatic rings. The number of nitrogens with one attached hydrogen (secondary N) is 1. The Kier molecular flexibility index (Phi) is 5.62. The smallest absolute Gasteiger partial charge is 0.00819 e. The van der Waals surface area contributed by atoms with E-state index in [2.05, 4.69) is 37.9 Å². The molecule has 0 aromatic heterocycles. The minimum Gasteiger partial charge on any atom is -0.317 e. The van der Waals surface area contributed by atoms with Gasteiger partial charge < -0.3 is 5.32 Å². The molecule has 0 radical (unpaired) electrons. The third-order valence-electron chi connectivity index (χ3n) is 3.56. The molecule has 1 aliphatic heterocycles. The summed E-state index contributed by atoms with van der Waals surface area (Å²) >= 11 is 0. The van der Waals surface area contributed by atoms with Crippen molar-refractivity contribution in [2.24, 2.45) is 5.92 Å². The van der Waals surface area contributed by atoms with E-state index in [4.69, 9.17) is 0 Å². The molecule has 0 spiro atoms. The van der Waals surface area contributed by atoms with E-state index in [1.807, 2.05) is 0 Å². The molecule has 0 saturated carbocycles. The molecule has 3 atom stereocenters. The van der Waals surface area contributed by atoms with Gasteiger partial charge in [0.1, 0.15) is 0 Å². The Morgan fingerprint density at radius 2 is 2.07 bits per heavy atom. The minimum absolute atomic E-state index is 0.745. The van der Waals surface area contributed by atoms with Gasteiger partial charge in [0.05, 0.1) is 0 Å². The van der Waals surface area contributed by atoms with Crippen LogP contribution in [0.15, 0.2) is 0 Å². The summed E-state index contributed by atoms with van der Waals surface area (Å²) in [5.41, 5.74) is 0. The lowest BCUT2D eigenvalue weighted by Crippen LogP contribution is -2.37. The highest BCUT2D eigenvalue weighted by Crippen LogP contribution is 2.25. The van der Waals surface area contributed by atoms with Crippen LogP contribution < -0.4 is 5.32 Å². The maximum absolute atomic E-state index is 3.49. The Morgan fingerprint density at radius 1 is 1.33 bits per heavy atom. The second-order valence-corrected chi connectivity index (χ2v) is 5.27. The van der Waals surface area contributed by atoms with Gasteiger partial charge >= 0.3 is 0 Å². The lowest BCUT2D eigenvalue weighted by atomic mass is 10.1. The molecule has 2 heteroatoms. The number of hydrogen-bond donors (Lipinski definition) is 1. The van der Waals surface area contributed by atoms with Crippen LogP contribution in [0.3, 0.4) is 0 Å². The maximum Gasteiger partial charge on any atom is 0.00819 e. The molecule has 0 bridgehead atoms. The van der Waals surface area contributed by atoms with E-state index in [0.29, 0.717) is 0 Å². The summed E-state index contributed by atoms with van der Waals surface area (Å²) in [7, 11) is 0. The van der Waals surface area contributed by atoms with E-state index in [1.54, 1.807) is 0 Å². The molecule has 0 aliphatic carbocycles. The second-order valence-electron chi connectivity index (χ2n) is 5.27. The highest BCUT2D eigenvalue weighted by molar-refractivity contribution is 4.83. The SMILES string of the molecule is CCCNCCC(C)N1CC(C)CC1C. The number of rotatable bonds is 6. The molecule has 1 N–H and O–H groups in total. The Morgan fingerprint density at radius 3 is 2.60 bits per heavy atom. The second kappa shape index (κ2) is 6.49. The van der Waals surface area contributed by atoms with Gasteiger partial charge in [0.25, 0.3) is 0 Å². The molecule has 1 heterocycles. The van der Waals surface area contributed by atoms with Crippen molar-refractivity contribution in [1.29, 1.82) is 0 Å². The number of hydrogen-bond acceptors (Lipinski definition) is 2. The molecular formula is C13H28N2. The number of nitrogens with zero attached hydrogens (tertiary/aromatic N) is 1. The van der Waals surface area contributed by atoms with Gasteiger partial charge in [-0.15, -0.1) is 0 Å². The maximum atomic E-state index is 3.49. The first-order chi connectivity index (χ1) is 7.15. The predicted molar refractivity (Wildman–Crippen MR) is 67.2 cm³/mol. The van der Waals surface area contributed by atoms with Gasteiger partial charge in [0, 0.05) is 18.6 Å². The van der Waals surface area contributed by atoms with E-state index in [0.717, 1.165) is 18.0 Å². The fraction of sp³-hybridized carbons (Fsp3) is 1.00. The summed E-state index contributed by atoms with van der Waals surface area (Å²) in [6.07, 6.45) is 3.91. The van der Waals surface area contributed by atoms with Crippen LogP contribution in [0.5, 0.6) is 0 Å². The summed E-state index contributed by atoms with van der Waals surface area (Å²) in [5.74, 6) is 0.894. The fourth-order valence-corrected chi connectivity index (χ4v) is 2.72. The van der Waals surface area contributed by atoms with Gasteiger partial charge in [-0.05, 0) is 52.1 Å². The molecule has 1 saturated heterocycles. The van der Waals surface area contributed by atoms with Crippen molar-refractivity contribution < 1.29 is 0 Å². The summed E-state index contributed by atoms with van der Waals surface area (Å²) < 4.78 is 0. The van der Waals surface area contributed by atoms with Crippen molar-refractivity contribution in [2.75, 3.05) is 19.6 Å². The molecule has 15 heavy (non-hydrogen) atoms. The van der Waals surface area contributed by atoms with E-state index >= 15 is 0 Å². The molecule has 0 amide bonds. The summed E-state index contributed by atoms with van der Waals surface area (Å²) in [6.45, 7) is 13.0. The minimum atomic E-state index is 0.745. The Balaban J connectivity index is 2.18. The van der Waals surface area contributed by atoms with Crippen molar-refractivity contribution in [3.8, 4) is 0 Å². The van der Waals surface area contributed by atoms with Crippen LogP contribution in [0, 0.1) is 5.92 Å². The summed E-state index contributed by atoms with van der Waals surface area (Å²) in [5, 5.41) is 3.49. The molecule has 3 unspecified atom stereocenters. The zero-order valence-electron chi connectivity index (χ0n) is 10.9. The highest BCUT2D eigenvalue weighted by Gasteiger charge is 2.28. The van der Waals surface area contributed by atoms with Gasteiger partial charge in [-0.1, -0.05) is 13.8 Å². The van der Waals surface area contributed by atoms with E-state index < -0.39 is 0 Å². The predicted octanol–water partition coefficient (Wildman–Crippen LogP) is 2.49. The highest BCUT2D eigenvalue weighted by atomic mass is 15.2. The van der Waals surface area contributed by atoms with Crippen molar-refractivity contribution in [3.05, 3.63) is 0 Å². The lowest BCUT2D eigenvalue weighted by molar-refractivity contribution is 0.190. The van der Waals surface area contributed by atoms with Crippen LogP contribution in [0.1, 0.15) is 47.0 Å². The molecule has 90 valence electrons. The van der Waals surface area contributed by atoms with Crippen molar-refractivity contribution >= 4 is 0 Å². The molecule has 1 rings (SSSR count). The van der Waals surface area contributed by atoms with Crippen molar-refractivity contribution in [2.45, 2.75) is 59.0 Å². The zero-order valence-corrected chi connectivity index (χ0v) is 10.9. The van der Waals surface area contributed by atoms with Gasteiger partial charge in [-0.25, -0.2) is 0 Å². The van der Waals surface area contributed by atoms with Crippen LogP contribution >= 0.6 is 0 Å². The largest absolute Gasteiger partial charge is 0.317 e. The first-order valence-electron chi connectivity index (χ1n) is 6.61. The van der Waals surface area contributed by atoms with Crippen LogP contribution in [-0.2, 0) is 0 Å². The first kappa shape index (κ1) is 13.0. The third-order valence-corrected chi connectivity index (χ3v) is 3.56. The van der Waals surface area contributed by atoms with Crippen LogP contribution in [0.2, 0.25) is 0 Å². The lowest BCUT2D eigenvalue weighted by Gasteiger charge is -2.28. The van der Waals surface area contributed by atoms with E-state index in [-0.39, 0.29) is 0 Å². The zero-order chi connectivity index (χ0) is 11.3. The van der Waals surface area contributed by atoms with Crippen molar-refractivity contribution in [1.82, 2.24) is 10.2 Å². The van der Waals surface area contributed by atoms with Gasteiger partial charge in [-0.3, -0.25) is 4.90 Å². The van der Waals surface area contributed by atoms with E-state index in [1.165, 1.54) is 38.9 Å². The third kappa shape index (κ3) is 4.12. The van der Waals surface area contributed by atoms with Gasteiger partial charge in [0.2, 0.25) is 0 Å². The average molecular weight is 212 g/mol. The standard InChI is InChI=1S/C13H28N2/c1-5-7-14-8-6-12(3)15-10-11(2)9-13(15)4/h11-14H,5-10H2,1-4H3. The summed E-state index contributed by atoms with van der Waals surface area (Å²) in [4.78, 5) is 2.68. The molecular weight excluding hydrogens is 184 g/mol. The first-order valence-corrected chi connectivity index (χ1v) is 6.61. The Labute approximate surface area is 95.4 Å². The van der Waals surface area contributed by atoms with Crippen LogP contribution in [0.25, 0.3) is 0 Å². The average Bonchev–Trinajstić information content (AvgIpc) is 2.52.